The zero-order valence-electron chi connectivity index (χ0n) is 21.1. The van der Waals surface area contributed by atoms with Crippen molar-refractivity contribution in [2.75, 3.05) is 10.6 Å². The Morgan fingerprint density at radius 3 is 2.61 bits per heavy atom. The molecule has 0 saturated carbocycles. The summed E-state index contributed by atoms with van der Waals surface area (Å²) in [5, 5.41) is 20.2. The summed E-state index contributed by atoms with van der Waals surface area (Å²) < 4.78 is 43.8. The van der Waals surface area contributed by atoms with Crippen LogP contribution in [0.4, 0.5) is 24.0 Å². The lowest BCUT2D eigenvalue weighted by atomic mass is 9.72. The zero-order chi connectivity index (χ0) is 27.4. The number of amides is 1. The smallest absolute Gasteiger partial charge is 0.363 e. The Bertz CT molecular complexity index is 1410. The number of aromatic nitrogens is 2. The van der Waals surface area contributed by atoms with E-state index in [0.29, 0.717) is 22.0 Å². The van der Waals surface area contributed by atoms with E-state index < -0.39 is 24.2 Å². The summed E-state index contributed by atoms with van der Waals surface area (Å²) in [6.07, 6.45) is -2.24. The van der Waals surface area contributed by atoms with E-state index in [2.05, 4.69) is 58.5 Å². The van der Waals surface area contributed by atoms with Gasteiger partial charge in [-0.1, -0.05) is 48.8 Å². The van der Waals surface area contributed by atoms with E-state index in [1.807, 2.05) is 0 Å². The van der Waals surface area contributed by atoms with Crippen LogP contribution in [0.1, 0.15) is 77.8 Å². The number of thiophene rings is 1. The lowest BCUT2D eigenvalue weighted by molar-refractivity contribution is -0.173. The molecule has 0 bridgehead atoms. The van der Waals surface area contributed by atoms with E-state index in [-0.39, 0.29) is 23.3 Å². The van der Waals surface area contributed by atoms with E-state index in [1.54, 1.807) is 24.3 Å². The van der Waals surface area contributed by atoms with Crippen molar-refractivity contribution in [3.8, 4) is 6.07 Å². The Kier molecular flexibility index (Phi) is 6.84. The first-order valence-electron chi connectivity index (χ1n) is 12.4. The van der Waals surface area contributed by atoms with Crippen molar-refractivity contribution in [2.24, 2.45) is 11.3 Å². The van der Waals surface area contributed by atoms with Crippen molar-refractivity contribution in [1.82, 2.24) is 9.78 Å². The van der Waals surface area contributed by atoms with Crippen LogP contribution in [0.15, 0.2) is 34.8 Å². The Morgan fingerprint density at radius 1 is 1.26 bits per heavy atom. The van der Waals surface area contributed by atoms with Gasteiger partial charge in [-0.3, -0.25) is 4.79 Å². The van der Waals surface area contributed by atoms with Crippen LogP contribution >= 0.6 is 27.3 Å². The number of fused-ring (bicyclic) bond motifs is 2. The number of halogens is 4. The summed E-state index contributed by atoms with van der Waals surface area (Å²) >= 11 is 4.73. The van der Waals surface area contributed by atoms with E-state index in [1.165, 1.54) is 17.4 Å². The van der Waals surface area contributed by atoms with Gasteiger partial charge in [0.05, 0.1) is 11.6 Å². The van der Waals surface area contributed by atoms with Crippen molar-refractivity contribution in [2.45, 2.75) is 64.7 Å². The maximum atomic E-state index is 14.0. The molecule has 0 saturated heterocycles. The first-order chi connectivity index (χ1) is 17.8. The third-order valence-electron chi connectivity index (χ3n) is 7.52. The summed E-state index contributed by atoms with van der Waals surface area (Å²) in [6.45, 7) is 6.61. The van der Waals surface area contributed by atoms with Crippen LogP contribution in [0.5, 0.6) is 0 Å². The van der Waals surface area contributed by atoms with E-state index >= 15 is 0 Å². The molecule has 2 aliphatic rings. The first kappa shape index (κ1) is 26.8. The van der Waals surface area contributed by atoms with Crippen LogP contribution in [-0.4, -0.2) is 21.9 Å². The molecule has 11 heteroatoms. The van der Waals surface area contributed by atoms with Gasteiger partial charge in [0.1, 0.15) is 16.9 Å². The highest BCUT2D eigenvalue weighted by molar-refractivity contribution is 9.10. The second-order valence-electron chi connectivity index (χ2n) is 11.0. The van der Waals surface area contributed by atoms with Crippen LogP contribution in [0.25, 0.3) is 0 Å². The fourth-order valence-electron chi connectivity index (χ4n) is 5.30. The third-order valence-corrected chi connectivity index (χ3v) is 9.22. The molecule has 3 atom stereocenters. The number of nitriles is 1. The summed E-state index contributed by atoms with van der Waals surface area (Å²) in [6, 6.07) is 8.17. The number of nitrogens with one attached hydrogen (secondary N) is 2. The molecule has 200 valence electrons. The van der Waals surface area contributed by atoms with Gasteiger partial charge >= 0.3 is 6.18 Å². The van der Waals surface area contributed by atoms with Gasteiger partial charge in [0.25, 0.3) is 5.91 Å². The fraction of sp³-hybridized carbons (Fsp3) is 0.444. The van der Waals surface area contributed by atoms with Gasteiger partial charge in [-0.2, -0.15) is 23.5 Å². The Hall–Kier alpha value is -2.84. The molecule has 2 N–H and O–H groups in total. The predicted molar refractivity (Wildman–Crippen MR) is 144 cm³/mol. The maximum absolute atomic E-state index is 14.0. The molecule has 5 rings (SSSR count). The first-order valence-corrected chi connectivity index (χ1v) is 14.0. The number of carbonyl (C=O) groups is 1. The van der Waals surface area contributed by atoms with Gasteiger partial charge in [0, 0.05) is 21.8 Å². The van der Waals surface area contributed by atoms with Crippen molar-refractivity contribution >= 4 is 44.0 Å². The van der Waals surface area contributed by atoms with Crippen LogP contribution < -0.4 is 10.6 Å². The van der Waals surface area contributed by atoms with Gasteiger partial charge in [0.2, 0.25) is 0 Å². The molecule has 6 nitrogen and oxygen atoms in total. The zero-order valence-corrected chi connectivity index (χ0v) is 23.5. The fourth-order valence-corrected chi connectivity index (χ4v) is 6.83. The SMILES string of the molecule is CC(C)(C)[C@H]1CCc2c(sc(NC(=O)c3cc4n(n3)[C@@H](C(F)(F)F)C[C@H](c3ccc(Br)cc3)N4)c2C#N)C1. The highest BCUT2D eigenvalue weighted by atomic mass is 79.9. The van der Waals surface area contributed by atoms with Gasteiger partial charge < -0.3 is 10.6 Å². The highest BCUT2D eigenvalue weighted by Gasteiger charge is 2.47. The lowest BCUT2D eigenvalue weighted by Gasteiger charge is -2.33. The molecule has 1 aliphatic carbocycles. The van der Waals surface area contributed by atoms with Gasteiger partial charge in [-0.05, 0) is 53.9 Å². The molecule has 1 amide bonds. The Balaban J connectivity index is 1.42. The molecular weight excluding hydrogens is 579 g/mol. The van der Waals surface area contributed by atoms with Crippen LogP contribution in [0.2, 0.25) is 0 Å². The minimum Gasteiger partial charge on any atom is -0.363 e. The number of rotatable bonds is 3. The second-order valence-corrected chi connectivity index (χ2v) is 13.0. The molecule has 1 aromatic carbocycles. The number of anilines is 2. The number of nitrogens with zero attached hydrogens (tertiary/aromatic N) is 3. The summed E-state index contributed by atoms with van der Waals surface area (Å²) in [5.74, 6) is -0.0550. The Morgan fingerprint density at radius 2 is 1.97 bits per heavy atom. The number of carbonyl (C=O) groups excluding carboxylic acids is 1. The number of alkyl halides is 3. The lowest BCUT2D eigenvalue weighted by Crippen LogP contribution is -2.35. The molecule has 3 aromatic rings. The van der Waals surface area contributed by atoms with Gasteiger partial charge in [0.15, 0.2) is 11.7 Å². The largest absolute Gasteiger partial charge is 0.410 e. The van der Waals surface area contributed by atoms with Crippen LogP contribution in [0, 0.1) is 22.7 Å². The minimum atomic E-state index is -4.55. The summed E-state index contributed by atoms with van der Waals surface area (Å²) in [4.78, 5) is 14.3. The molecule has 0 spiro atoms. The van der Waals surface area contributed by atoms with E-state index in [0.717, 1.165) is 38.9 Å². The van der Waals surface area contributed by atoms with Crippen LogP contribution in [0.3, 0.4) is 0 Å². The topological polar surface area (TPSA) is 82.7 Å². The molecule has 1 aliphatic heterocycles. The standard InChI is InChI=1S/C27H27BrF3N5OS/c1-26(2,3)15-6-9-17-18(13-32)25(38-21(17)10-15)34-24(37)20-12-23-33-19(14-4-7-16(28)8-5-14)11-22(27(29,30)31)36(23)35-20/h4-5,7-8,12,15,19,22,33H,6,9-11H2,1-3H3,(H,34,37)/t15-,19+,22+/m0/s1. The molecule has 38 heavy (non-hydrogen) atoms. The molecule has 3 heterocycles. The summed E-state index contributed by atoms with van der Waals surface area (Å²) in [7, 11) is 0. The molecule has 0 fully saturated rings. The predicted octanol–water partition coefficient (Wildman–Crippen LogP) is 7.64. The molecular formula is C27H27BrF3N5OS. The van der Waals surface area contributed by atoms with Crippen molar-refractivity contribution < 1.29 is 18.0 Å². The average Bonchev–Trinajstić information content (AvgIpc) is 3.43. The molecule has 0 radical (unpaired) electrons. The van der Waals surface area contributed by atoms with Crippen molar-refractivity contribution in [3.63, 3.8) is 0 Å². The molecule has 0 unspecified atom stereocenters. The maximum Gasteiger partial charge on any atom is 0.410 e. The van der Waals surface area contributed by atoms with Gasteiger partial charge in [-0.25, -0.2) is 4.68 Å². The third kappa shape index (κ3) is 5.08. The Labute approximate surface area is 231 Å². The van der Waals surface area contributed by atoms with Crippen LogP contribution in [-0.2, 0) is 12.8 Å². The quantitative estimate of drug-likeness (QED) is 0.321. The number of hydrogen-bond acceptors (Lipinski definition) is 5. The summed E-state index contributed by atoms with van der Waals surface area (Å²) in [5.41, 5.74) is 2.10. The van der Waals surface area contributed by atoms with Crippen molar-refractivity contribution in [3.05, 3.63) is 62.1 Å². The minimum absolute atomic E-state index is 0.121. The number of hydrogen-bond donors (Lipinski definition) is 2. The van der Waals surface area contributed by atoms with E-state index in [9.17, 15) is 23.2 Å². The molecule has 2 aromatic heterocycles. The average molecular weight is 607 g/mol. The number of benzene rings is 1. The normalized spacial score (nSPS) is 21.2. The van der Waals surface area contributed by atoms with Gasteiger partial charge in [-0.15, -0.1) is 11.3 Å². The monoisotopic (exact) mass is 605 g/mol. The van der Waals surface area contributed by atoms with Crippen molar-refractivity contribution in [1.29, 1.82) is 5.26 Å². The second kappa shape index (κ2) is 9.72. The highest BCUT2D eigenvalue weighted by Crippen LogP contribution is 2.45. The van der Waals surface area contributed by atoms with E-state index in [4.69, 9.17) is 0 Å².